The van der Waals surface area contributed by atoms with Crippen LogP contribution in [0.3, 0.4) is 0 Å². The minimum absolute atomic E-state index is 0.705. The molecule has 0 bridgehead atoms. The quantitative estimate of drug-likeness (QED) is 0.784. The molecule has 0 saturated heterocycles. The maximum Gasteiger partial charge on any atom is 0.224 e. The van der Waals surface area contributed by atoms with Crippen molar-refractivity contribution in [3.63, 3.8) is 0 Å². The van der Waals surface area contributed by atoms with Gasteiger partial charge in [-0.05, 0) is 18.1 Å². The molecule has 20 heavy (non-hydrogen) atoms. The summed E-state index contributed by atoms with van der Waals surface area (Å²) < 4.78 is 0. The van der Waals surface area contributed by atoms with E-state index < -0.39 is 0 Å². The fourth-order valence-corrected chi connectivity index (χ4v) is 1.96. The van der Waals surface area contributed by atoms with E-state index in [1.807, 2.05) is 19.2 Å². The van der Waals surface area contributed by atoms with Crippen molar-refractivity contribution in [2.24, 2.45) is 0 Å². The summed E-state index contributed by atoms with van der Waals surface area (Å²) in [6.07, 6.45) is 4.10. The number of hydrogen-bond donors (Lipinski definition) is 1. The molecule has 0 spiro atoms. The van der Waals surface area contributed by atoms with Crippen LogP contribution < -0.4 is 10.2 Å². The first-order valence-corrected chi connectivity index (χ1v) is 7.11. The number of hydrogen-bond acceptors (Lipinski definition) is 4. The predicted octanol–water partition coefficient (Wildman–Crippen LogP) is 3.33. The van der Waals surface area contributed by atoms with Gasteiger partial charge in [0.05, 0.1) is 0 Å². The maximum absolute atomic E-state index is 4.54. The van der Waals surface area contributed by atoms with Gasteiger partial charge in [0.15, 0.2) is 0 Å². The molecule has 2 aromatic rings. The molecular formula is C16H22N4. The summed E-state index contributed by atoms with van der Waals surface area (Å²) >= 11 is 0. The average molecular weight is 270 g/mol. The van der Waals surface area contributed by atoms with Crippen LogP contribution in [-0.2, 0) is 6.54 Å². The number of nitrogens with zero attached hydrogens (tertiary/aromatic N) is 3. The van der Waals surface area contributed by atoms with E-state index in [-0.39, 0.29) is 0 Å². The normalized spacial score (nSPS) is 10.3. The third-order valence-electron chi connectivity index (χ3n) is 3.11. The van der Waals surface area contributed by atoms with Crippen LogP contribution in [0.15, 0.2) is 42.6 Å². The van der Waals surface area contributed by atoms with Gasteiger partial charge in [0.25, 0.3) is 0 Å². The van der Waals surface area contributed by atoms with Crippen LogP contribution in [0.1, 0.15) is 25.3 Å². The second kappa shape index (κ2) is 7.48. The maximum atomic E-state index is 4.54. The molecule has 1 aromatic heterocycles. The van der Waals surface area contributed by atoms with Gasteiger partial charge < -0.3 is 10.2 Å². The number of nitrogens with one attached hydrogen (secondary N) is 1. The zero-order valence-corrected chi connectivity index (χ0v) is 12.2. The van der Waals surface area contributed by atoms with Crippen molar-refractivity contribution in [2.45, 2.75) is 26.3 Å². The Morgan fingerprint density at radius 2 is 1.95 bits per heavy atom. The van der Waals surface area contributed by atoms with Crippen LogP contribution in [0.2, 0.25) is 0 Å². The monoisotopic (exact) mass is 270 g/mol. The fraction of sp³-hybridized carbons (Fsp3) is 0.375. The Morgan fingerprint density at radius 3 is 2.70 bits per heavy atom. The molecule has 0 radical (unpaired) electrons. The molecule has 0 fully saturated rings. The summed E-state index contributed by atoms with van der Waals surface area (Å²) in [6.45, 7) is 3.93. The van der Waals surface area contributed by atoms with Crippen molar-refractivity contribution in [1.29, 1.82) is 0 Å². The van der Waals surface area contributed by atoms with Crippen LogP contribution in [0.5, 0.6) is 0 Å². The van der Waals surface area contributed by atoms with Crippen molar-refractivity contribution >= 4 is 11.8 Å². The fourth-order valence-electron chi connectivity index (χ4n) is 1.96. The second-order valence-electron chi connectivity index (χ2n) is 4.86. The van der Waals surface area contributed by atoms with E-state index >= 15 is 0 Å². The molecule has 0 aliphatic heterocycles. The van der Waals surface area contributed by atoms with Crippen molar-refractivity contribution < 1.29 is 0 Å². The lowest BCUT2D eigenvalue weighted by Crippen LogP contribution is -2.18. The topological polar surface area (TPSA) is 41.1 Å². The highest BCUT2D eigenvalue weighted by molar-refractivity contribution is 5.42. The van der Waals surface area contributed by atoms with E-state index in [9.17, 15) is 0 Å². The summed E-state index contributed by atoms with van der Waals surface area (Å²) in [5.74, 6) is 1.64. The molecule has 4 nitrogen and oxygen atoms in total. The van der Waals surface area contributed by atoms with E-state index in [0.717, 1.165) is 25.3 Å². The predicted molar refractivity (Wildman–Crippen MR) is 84.0 cm³/mol. The highest BCUT2D eigenvalue weighted by Gasteiger charge is 2.05. The van der Waals surface area contributed by atoms with Crippen LogP contribution in [0, 0.1) is 0 Å². The highest BCUT2D eigenvalue weighted by atomic mass is 15.2. The SMILES string of the molecule is CCCCNc1nccc(N(C)Cc2ccccc2)n1. The molecule has 0 aliphatic carbocycles. The molecule has 1 N–H and O–H groups in total. The van der Waals surface area contributed by atoms with Crippen molar-refractivity contribution in [1.82, 2.24) is 9.97 Å². The zero-order valence-electron chi connectivity index (χ0n) is 12.2. The Labute approximate surface area is 120 Å². The van der Waals surface area contributed by atoms with Gasteiger partial charge in [0.2, 0.25) is 5.95 Å². The molecule has 106 valence electrons. The first kappa shape index (κ1) is 14.3. The summed E-state index contributed by atoms with van der Waals surface area (Å²) in [6, 6.07) is 12.3. The van der Waals surface area contributed by atoms with Gasteiger partial charge in [0.1, 0.15) is 5.82 Å². The number of anilines is 2. The summed E-state index contributed by atoms with van der Waals surface area (Å²) in [5, 5.41) is 3.26. The Balaban J connectivity index is 1.99. The molecule has 1 aromatic carbocycles. The van der Waals surface area contributed by atoms with Crippen molar-refractivity contribution in [2.75, 3.05) is 23.8 Å². The second-order valence-corrected chi connectivity index (χ2v) is 4.86. The molecule has 0 aliphatic rings. The van der Waals surface area contributed by atoms with Gasteiger partial charge in [-0.15, -0.1) is 0 Å². The first-order valence-electron chi connectivity index (χ1n) is 7.11. The average Bonchev–Trinajstić information content (AvgIpc) is 2.49. The van der Waals surface area contributed by atoms with Gasteiger partial charge in [-0.3, -0.25) is 0 Å². The van der Waals surface area contributed by atoms with E-state index in [4.69, 9.17) is 0 Å². The first-order chi connectivity index (χ1) is 9.79. The minimum Gasteiger partial charge on any atom is -0.355 e. The summed E-state index contributed by atoms with van der Waals surface area (Å²) in [5.41, 5.74) is 1.27. The Hall–Kier alpha value is -2.10. The van der Waals surface area contributed by atoms with Gasteiger partial charge in [0, 0.05) is 26.3 Å². The van der Waals surface area contributed by atoms with Crippen LogP contribution in [0.25, 0.3) is 0 Å². The standard InChI is InChI=1S/C16H22N4/c1-3-4-11-17-16-18-12-10-15(19-16)20(2)13-14-8-6-5-7-9-14/h5-10,12H,3-4,11,13H2,1-2H3,(H,17,18,19). The van der Waals surface area contributed by atoms with Crippen LogP contribution in [-0.4, -0.2) is 23.6 Å². The molecule has 0 amide bonds. The number of aromatic nitrogens is 2. The molecule has 0 unspecified atom stereocenters. The lowest BCUT2D eigenvalue weighted by Gasteiger charge is -2.18. The molecular weight excluding hydrogens is 248 g/mol. The van der Waals surface area contributed by atoms with E-state index in [0.29, 0.717) is 5.95 Å². The lowest BCUT2D eigenvalue weighted by atomic mass is 10.2. The lowest BCUT2D eigenvalue weighted by molar-refractivity contribution is 0.823. The Morgan fingerprint density at radius 1 is 1.15 bits per heavy atom. The van der Waals surface area contributed by atoms with E-state index in [1.54, 1.807) is 6.20 Å². The number of benzene rings is 1. The summed E-state index contributed by atoms with van der Waals surface area (Å²) in [7, 11) is 2.05. The number of unbranched alkanes of at least 4 members (excludes halogenated alkanes) is 1. The van der Waals surface area contributed by atoms with Crippen LogP contribution in [0.4, 0.5) is 11.8 Å². The van der Waals surface area contributed by atoms with Crippen molar-refractivity contribution in [3.05, 3.63) is 48.2 Å². The van der Waals surface area contributed by atoms with E-state index in [1.165, 1.54) is 12.0 Å². The zero-order chi connectivity index (χ0) is 14.2. The molecule has 4 heteroatoms. The number of rotatable bonds is 7. The van der Waals surface area contributed by atoms with Gasteiger partial charge in [-0.2, -0.15) is 4.98 Å². The Kier molecular flexibility index (Phi) is 5.35. The molecule has 2 rings (SSSR count). The van der Waals surface area contributed by atoms with Crippen LogP contribution >= 0.6 is 0 Å². The Bertz CT molecular complexity index is 513. The third kappa shape index (κ3) is 4.23. The van der Waals surface area contributed by atoms with Gasteiger partial charge in [-0.1, -0.05) is 43.7 Å². The van der Waals surface area contributed by atoms with Gasteiger partial charge in [-0.25, -0.2) is 4.98 Å². The largest absolute Gasteiger partial charge is 0.355 e. The van der Waals surface area contributed by atoms with E-state index in [2.05, 4.69) is 51.4 Å². The smallest absolute Gasteiger partial charge is 0.224 e. The van der Waals surface area contributed by atoms with Gasteiger partial charge >= 0.3 is 0 Å². The van der Waals surface area contributed by atoms with Crippen molar-refractivity contribution in [3.8, 4) is 0 Å². The third-order valence-corrected chi connectivity index (χ3v) is 3.11. The molecule has 0 atom stereocenters. The molecule has 0 saturated carbocycles. The minimum atomic E-state index is 0.705. The summed E-state index contributed by atoms with van der Waals surface area (Å²) in [4.78, 5) is 10.9. The molecule has 1 heterocycles. The highest BCUT2D eigenvalue weighted by Crippen LogP contribution is 2.13.